The number of carbonyl (C=O) groups is 1. The van der Waals surface area contributed by atoms with E-state index in [0.29, 0.717) is 13.0 Å². The fourth-order valence-electron chi connectivity index (χ4n) is 3.60. The van der Waals surface area contributed by atoms with E-state index in [1.165, 1.54) is 5.56 Å². The molecule has 1 N–H and O–H groups in total. The SMILES string of the molecule is CC(CNS(=O)(=O)C(C)C)c1ccc(-c2ccc(CCN3CCCC3=O)cc2)cc1. The summed E-state index contributed by atoms with van der Waals surface area (Å²) >= 11 is 0. The van der Waals surface area contributed by atoms with E-state index in [-0.39, 0.29) is 11.8 Å². The van der Waals surface area contributed by atoms with Gasteiger partial charge in [0, 0.05) is 26.1 Å². The second-order valence-electron chi connectivity index (χ2n) is 8.40. The minimum Gasteiger partial charge on any atom is -0.342 e. The quantitative estimate of drug-likeness (QED) is 0.658. The molecule has 0 bridgehead atoms. The molecule has 1 saturated heterocycles. The van der Waals surface area contributed by atoms with Gasteiger partial charge in [0.25, 0.3) is 0 Å². The molecular formula is C24H32N2O3S. The lowest BCUT2D eigenvalue weighted by molar-refractivity contribution is -0.127. The fourth-order valence-corrected chi connectivity index (χ4v) is 4.41. The average Bonchev–Trinajstić information content (AvgIpc) is 3.15. The van der Waals surface area contributed by atoms with Crippen LogP contribution >= 0.6 is 0 Å². The van der Waals surface area contributed by atoms with Gasteiger partial charge in [0.1, 0.15) is 0 Å². The Morgan fingerprint density at radius 3 is 2.10 bits per heavy atom. The Morgan fingerprint density at radius 2 is 1.57 bits per heavy atom. The van der Waals surface area contributed by atoms with Crippen molar-refractivity contribution >= 4 is 15.9 Å². The van der Waals surface area contributed by atoms with Gasteiger partial charge in [0.2, 0.25) is 15.9 Å². The molecule has 1 heterocycles. The number of sulfonamides is 1. The maximum Gasteiger partial charge on any atom is 0.222 e. The van der Waals surface area contributed by atoms with Gasteiger partial charge in [-0.3, -0.25) is 4.79 Å². The highest BCUT2D eigenvalue weighted by atomic mass is 32.2. The van der Waals surface area contributed by atoms with Gasteiger partial charge in [-0.05, 0) is 54.9 Å². The first-order valence-corrected chi connectivity index (χ1v) is 12.3. The van der Waals surface area contributed by atoms with Crippen molar-refractivity contribution in [2.75, 3.05) is 19.6 Å². The topological polar surface area (TPSA) is 66.5 Å². The summed E-state index contributed by atoms with van der Waals surface area (Å²) in [4.78, 5) is 13.7. The smallest absolute Gasteiger partial charge is 0.222 e. The molecule has 2 aromatic rings. The van der Waals surface area contributed by atoms with Gasteiger partial charge in [-0.15, -0.1) is 0 Å². The number of hydrogen-bond acceptors (Lipinski definition) is 3. The summed E-state index contributed by atoms with van der Waals surface area (Å²) in [6.07, 6.45) is 2.56. The maximum atomic E-state index is 11.9. The van der Waals surface area contributed by atoms with E-state index >= 15 is 0 Å². The van der Waals surface area contributed by atoms with Crippen molar-refractivity contribution in [2.24, 2.45) is 0 Å². The Hall–Kier alpha value is -2.18. The number of amides is 1. The zero-order chi connectivity index (χ0) is 21.7. The first kappa shape index (κ1) is 22.5. The van der Waals surface area contributed by atoms with Crippen LogP contribution in [0.3, 0.4) is 0 Å². The minimum atomic E-state index is -3.24. The highest BCUT2D eigenvalue weighted by Gasteiger charge is 2.19. The third-order valence-corrected chi connectivity index (χ3v) is 7.63. The molecule has 162 valence electrons. The minimum absolute atomic E-state index is 0.100. The van der Waals surface area contributed by atoms with E-state index in [4.69, 9.17) is 0 Å². The first-order chi connectivity index (χ1) is 14.3. The summed E-state index contributed by atoms with van der Waals surface area (Å²) in [6.45, 7) is 7.47. The van der Waals surface area contributed by atoms with Crippen molar-refractivity contribution < 1.29 is 13.2 Å². The van der Waals surface area contributed by atoms with Crippen LogP contribution < -0.4 is 4.72 Å². The van der Waals surface area contributed by atoms with Crippen LogP contribution in [0.15, 0.2) is 48.5 Å². The van der Waals surface area contributed by atoms with Gasteiger partial charge < -0.3 is 4.90 Å². The predicted octanol–water partition coefficient (Wildman–Crippen LogP) is 3.95. The summed E-state index contributed by atoms with van der Waals surface area (Å²) in [5.74, 6) is 0.376. The standard InChI is InChI=1S/C24H32N2O3S/c1-18(2)30(28,29)25-17-19(3)21-10-12-23(13-11-21)22-8-6-20(7-9-22)14-16-26-15-4-5-24(26)27/h6-13,18-19,25H,4-5,14-17H2,1-3H3. The second kappa shape index (κ2) is 9.75. The monoisotopic (exact) mass is 428 g/mol. The van der Waals surface area contributed by atoms with Crippen molar-refractivity contribution in [1.29, 1.82) is 0 Å². The number of benzene rings is 2. The Balaban J connectivity index is 1.57. The Labute approximate surface area is 180 Å². The third-order valence-electron chi connectivity index (χ3n) is 5.82. The number of likely N-dealkylation sites (tertiary alicyclic amines) is 1. The number of hydrogen-bond donors (Lipinski definition) is 1. The number of nitrogens with zero attached hydrogens (tertiary/aromatic N) is 1. The Morgan fingerprint density at radius 1 is 0.967 bits per heavy atom. The number of nitrogens with one attached hydrogen (secondary N) is 1. The lowest BCUT2D eigenvalue weighted by Gasteiger charge is -2.16. The van der Waals surface area contributed by atoms with Crippen molar-refractivity contribution in [2.45, 2.75) is 51.2 Å². The van der Waals surface area contributed by atoms with Crippen LogP contribution in [-0.4, -0.2) is 44.1 Å². The van der Waals surface area contributed by atoms with Crippen LogP contribution in [0.5, 0.6) is 0 Å². The molecule has 3 rings (SSSR count). The largest absolute Gasteiger partial charge is 0.342 e. The van der Waals surface area contributed by atoms with E-state index in [2.05, 4.69) is 53.3 Å². The lowest BCUT2D eigenvalue weighted by atomic mass is 9.97. The molecule has 30 heavy (non-hydrogen) atoms. The van der Waals surface area contributed by atoms with E-state index in [0.717, 1.165) is 42.6 Å². The number of carbonyl (C=O) groups excluding carboxylic acids is 1. The Kier molecular flexibility index (Phi) is 7.32. The van der Waals surface area contributed by atoms with Crippen LogP contribution in [0.1, 0.15) is 50.7 Å². The summed E-state index contributed by atoms with van der Waals surface area (Å²) < 4.78 is 26.6. The zero-order valence-electron chi connectivity index (χ0n) is 18.1. The molecule has 0 aromatic heterocycles. The average molecular weight is 429 g/mol. The normalized spacial score (nSPS) is 15.7. The van der Waals surface area contributed by atoms with Gasteiger partial charge in [0.15, 0.2) is 0 Å². The van der Waals surface area contributed by atoms with Gasteiger partial charge in [0.05, 0.1) is 5.25 Å². The molecular weight excluding hydrogens is 396 g/mol. The van der Waals surface area contributed by atoms with E-state index in [9.17, 15) is 13.2 Å². The lowest BCUT2D eigenvalue weighted by Crippen LogP contribution is -2.33. The summed E-state index contributed by atoms with van der Waals surface area (Å²) in [5, 5.41) is -0.425. The predicted molar refractivity (Wildman–Crippen MR) is 122 cm³/mol. The molecule has 5 nitrogen and oxygen atoms in total. The van der Waals surface area contributed by atoms with Crippen LogP contribution in [-0.2, 0) is 21.2 Å². The van der Waals surface area contributed by atoms with Crippen LogP contribution in [0, 0.1) is 0 Å². The molecule has 0 radical (unpaired) electrons. The van der Waals surface area contributed by atoms with Crippen molar-refractivity contribution in [3.63, 3.8) is 0 Å². The van der Waals surface area contributed by atoms with Gasteiger partial charge in [-0.1, -0.05) is 55.5 Å². The molecule has 1 atom stereocenters. The van der Waals surface area contributed by atoms with Crippen LogP contribution in [0.25, 0.3) is 11.1 Å². The highest BCUT2D eigenvalue weighted by Crippen LogP contribution is 2.23. The summed E-state index contributed by atoms with van der Waals surface area (Å²) in [7, 11) is -3.24. The number of rotatable bonds is 9. The van der Waals surface area contributed by atoms with Crippen molar-refractivity contribution in [1.82, 2.24) is 9.62 Å². The van der Waals surface area contributed by atoms with Gasteiger partial charge in [-0.2, -0.15) is 0 Å². The second-order valence-corrected chi connectivity index (χ2v) is 10.7. The maximum absolute atomic E-state index is 11.9. The molecule has 6 heteroatoms. The zero-order valence-corrected chi connectivity index (χ0v) is 18.9. The van der Waals surface area contributed by atoms with Crippen molar-refractivity contribution in [3.8, 4) is 11.1 Å². The molecule has 1 fully saturated rings. The molecule has 0 aliphatic carbocycles. The summed E-state index contributed by atoms with van der Waals surface area (Å²) in [6, 6.07) is 16.8. The molecule has 1 aliphatic rings. The first-order valence-electron chi connectivity index (χ1n) is 10.7. The molecule has 0 spiro atoms. The van der Waals surface area contributed by atoms with E-state index in [1.54, 1.807) is 13.8 Å². The molecule has 2 aromatic carbocycles. The molecule has 0 saturated carbocycles. The highest BCUT2D eigenvalue weighted by molar-refractivity contribution is 7.90. The molecule has 1 unspecified atom stereocenters. The van der Waals surface area contributed by atoms with E-state index in [1.807, 2.05) is 11.8 Å². The van der Waals surface area contributed by atoms with E-state index < -0.39 is 15.3 Å². The fraction of sp³-hybridized carbons (Fsp3) is 0.458. The summed E-state index contributed by atoms with van der Waals surface area (Å²) in [5.41, 5.74) is 4.63. The molecule has 1 aliphatic heterocycles. The van der Waals surface area contributed by atoms with Gasteiger partial charge >= 0.3 is 0 Å². The van der Waals surface area contributed by atoms with Gasteiger partial charge in [-0.25, -0.2) is 13.1 Å². The van der Waals surface area contributed by atoms with Crippen LogP contribution in [0.2, 0.25) is 0 Å². The third kappa shape index (κ3) is 5.70. The van der Waals surface area contributed by atoms with Crippen LogP contribution in [0.4, 0.5) is 0 Å². The molecule has 1 amide bonds. The Bertz CT molecular complexity index is 951. The van der Waals surface area contributed by atoms with Crippen molar-refractivity contribution in [3.05, 3.63) is 59.7 Å².